The van der Waals surface area contributed by atoms with Gasteiger partial charge in [-0.25, -0.2) is 0 Å². The Morgan fingerprint density at radius 2 is 1.84 bits per heavy atom. The van der Waals surface area contributed by atoms with Gasteiger partial charge < -0.3 is 15.1 Å². The molecule has 2 saturated heterocycles. The Kier molecular flexibility index (Phi) is 9.80. The molecule has 0 aliphatic carbocycles. The molecule has 2 aliphatic heterocycles. The highest BCUT2D eigenvalue weighted by Crippen LogP contribution is 2.21. The Morgan fingerprint density at radius 3 is 2.44 bits per heavy atom. The summed E-state index contributed by atoms with van der Waals surface area (Å²) in [6.07, 6.45) is 3.30. The van der Waals surface area contributed by atoms with Crippen LogP contribution in [0.1, 0.15) is 24.8 Å². The van der Waals surface area contributed by atoms with Gasteiger partial charge in [0.05, 0.1) is 5.92 Å². The fourth-order valence-corrected chi connectivity index (χ4v) is 3.86. The predicted octanol–water partition coefficient (Wildman–Crippen LogP) is 2.81. The first-order valence-electron chi connectivity index (χ1n) is 8.94. The molecular formula is C19H31Cl2N3O. The monoisotopic (exact) mass is 387 g/mol. The maximum absolute atomic E-state index is 12.4. The van der Waals surface area contributed by atoms with E-state index >= 15 is 0 Å². The van der Waals surface area contributed by atoms with Crippen molar-refractivity contribution in [2.24, 2.45) is 11.8 Å². The van der Waals surface area contributed by atoms with Crippen LogP contribution in [0.5, 0.6) is 0 Å². The quantitative estimate of drug-likeness (QED) is 0.843. The first-order chi connectivity index (χ1) is 11.2. The fourth-order valence-electron chi connectivity index (χ4n) is 3.86. The van der Waals surface area contributed by atoms with Crippen molar-refractivity contribution in [2.75, 3.05) is 39.8 Å². The second-order valence-electron chi connectivity index (χ2n) is 7.14. The van der Waals surface area contributed by atoms with Crippen LogP contribution in [0.2, 0.25) is 0 Å². The van der Waals surface area contributed by atoms with E-state index in [9.17, 15) is 4.79 Å². The van der Waals surface area contributed by atoms with Crippen LogP contribution in [-0.2, 0) is 11.3 Å². The molecule has 0 spiro atoms. The SMILES string of the molecule is CN(Cc1ccccc1)CC1CCN(C(=O)C2CCNC2)CC1.Cl.Cl. The van der Waals surface area contributed by atoms with Gasteiger partial charge in [0.15, 0.2) is 0 Å². The van der Waals surface area contributed by atoms with Crippen molar-refractivity contribution < 1.29 is 4.79 Å². The van der Waals surface area contributed by atoms with E-state index in [-0.39, 0.29) is 30.7 Å². The van der Waals surface area contributed by atoms with Gasteiger partial charge in [0, 0.05) is 32.7 Å². The number of likely N-dealkylation sites (tertiary alicyclic amines) is 1. The van der Waals surface area contributed by atoms with Gasteiger partial charge in [-0.2, -0.15) is 0 Å². The molecule has 25 heavy (non-hydrogen) atoms. The number of piperidine rings is 1. The third-order valence-electron chi connectivity index (χ3n) is 5.20. The smallest absolute Gasteiger partial charge is 0.227 e. The lowest BCUT2D eigenvalue weighted by atomic mass is 9.95. The van der Waals surface area contributed by atoms with Crippen LogP contribution in [0.3, 0.4) is 0 Å². The van der Waals surface area contributed by atoms with Crippen molar-refractivity contribution in [3.8, 4) is 0 Å². The molecule has 1 atom stereocenters. The molecule has 1 amide bonds. The molecule has 3 rings (SSSR count). The van der Waals surface area contributed by atoms with Crippen molar-refractivity contribution >= 4 is 30.7 Å². The average molecular weight is 388 g/mol. The van der Waals surface area contributed by atoms with E-state index < -0.39 is 0 Å². The normalized spacial score (nSPS) is 20.9. The van der Waals surface area contributed by atoms with Gasteiger partial charge in [-0.15, -0.1) is 24.8 Å². The molecule has 0 aromatic heterocycles. The van der Waals surface area contributed by atoms with Crippen LogP contribution in [0.25, 0.3) is 0 Å². The van der Waals surface area contributed by atoms with Gasteiger partial charge in [0.25, 0.3) is 0 Å². The number of benzene rings is 1. The van der Waals surface area contributed by atoms with Gasteiger partial charge in [-0.3, -0.25) is 4.79 Å². The van der Waals surface area contributed by atoms with E-state index in [2.05, 4.69) is 52.5 Å². The zero-order valence-corrected chi connectivity index (χ0v) is 16.7. The summed E-state index contributed by atoms with van der Waals surface area (Å²) in [4.78, 5) is 17.0. The molecule has 0 radical (unpaired) electrons. The Labute approximate surface area is 164 Å². The maximum atomic E-state index is 12.4. The fraction of sp³-hybridized carbons (Fsp3) is 0.632. The van der Waals surface area contributed by atoms with Crippen LogP contribution in [0.15, 0.2) is 30.3 Å². The van der Waals surface area contributed by atoms with Crippen LogP contribution < -0.4 is 5.32 Å². The van der Waals surface area contributed by atoms with E-state index in [1.54, 1.807) is 0 Å². The molecule has 142 valence electrons. The van der Waals surface area contributed by atoms with E-state index in [1.165, 1.54) is 5.56 Å². The average Bonchev–Trinajstić information content (AvgIpc) is 3.10. The van der Waals surface area contributed by atoms with Crippen molar-refractivity contribution in [1.29, 1.82) is 0 Å². The van der Waals surface area contributed by atoms with Gasteiger partial charge in [-0.1, -0.05) is 30.3 Å². The Bertz CT molecular complexity index is 501. The molecule has 6 heteroatoms. The van der Waals surface area contributed by atoms with Gasteiger partial charge in [-0.05, 0) is 44.3 Å². The minimum absolute atomic E-state index is 0. The second kappa shape index (κ2) is 11.0. The molecule has 2 heterocycles. The topological polar surface area (TPSA) is 35.6 Å². The summed E-state index contributed by atoms with van der Waals surface area (Å²) in [5.74, 6) is 1.33. The van der Waals surface area contributed by atoms with Gasteiger partial charge in [0.1, 0.15) is 0 Å². The van der Waals surface area contributed by atoms with Crippen molar-refractivity contribution in [3.63, 3.8) is 0 Å². The van der Waals surface area contributed by atoms with E-state index in [0.717, 1.165) is 64.4 Å². The third-order valence-corrected chi connectivity index (χ3v) is 5.20. The summed E-state index contributed by atoms with van der Waals surface area (Å²) < 4.78 is 0. The summed E-state index contributed by atoms with van der Waals surface area (Å²) in [5.41, 5.74) is 1.37. The van der Waals surface area contributed by atoms with E-state index in [1.807, 2.05) is 0 Å². The highest BCUT2D eigenvalue weighted by atomic mass is 35.5. The van der Waals surface area contributed by atoms with E-state index in [0.29, 0.717) is 5.91 Å². The van der Waals surface area contributed by atoms with Crippen LogP contribution in [-0.4, -0.2) is 55.5 Å². The first kappa shape index (κ1) is 22.2. The molecule has 2 fully saturated rings. The second-order valence-corrected chi connectivity index (χ2v) is 7.14. The number of nitrogens with one attached hydrogen (secondary N) is 1. The Balaban J connectivity index is 0.00000156. The molecule has 4 nitrogen and oxygen atoms in total. The van der Waals surface area contributed by atoms with Crippen molar-refractivity contribution in [1.82, 2.24) is 15.1 Å². The minimum Gasteiger partial charge on any atom is -0.342 e. The lowest BCUT2D eigenvalue weighted by molar-refractivity contribution is -0.136. The number of hydrogen-bond acceptors (Lipinski definition) is 3. The molecule has 0 saturated carbocycles. The lowest BCUT2D eigenvalue weighted by Gasteiger charge is -2.35. The number of halogens is 2. The zero-order valence-electron chi connectivity index (χ0n) is 15.0. The molecule has 0 bridgehead atoms. The van der Waals surface area contributed by atoms with E-state index in [4.69, 9.17) is 0 Å². The summed E-state index contributed by atoms with van der Waals surface area (Å²) in [6.45, 7) is 5.89. The van der Waals surface area contributed by atoms with Crippen LogP contribution in [0.4, 0.5) is 0 Å². The summed E-state index contributed by atoms with van der Waals surface area (Å²) in [6, 6.07) is 10.6. The standard InChI is InChI=1S/C19H29N3O.2ClH/c1-21(14-16-5-3-2-4-6-16)15-17-8-11-22(12-9-17)19(23)18-7-10-20-13-18;;/h2-6,17-18,20H,7-15H2,1H3;2*1H. The molecule has 1 aromatic rings. The number of rotatable bonds is 5. The largest absolute Gasteiger partial charge is 0.342 e. The zero-order chi connectivity index (χ0) is 16.1. The van der Waals surface area contributed by atoms with Crippen molar-refractivity contribution in [2.45, 2.75) is 25.8 Å². The predicted molar refractivity (Wildman–Crippen MR) is 108 cm³/mol. The Hall–Kier alpha value is -0.810. The molecule has 2 aliphatic rings. The Morgan fingerprint density at radius 1 is 1.16 bits per heavy atom. The number of amides is 1. The summed E-state index contributed by atoms with van der Waals surface area (Å²) >= 11 is 0. The molecular weight excluding hydrogens is 357 g/mol. The molecule has 1 N–H and O–H groups in total. The summed E-state index contributed by atoms with van der Waals surface area (Å²) in [7, 11) is 2.20. The number of carbonyl (C=O) groups excluding carboxylic acids is 1. The maximum Gasteiger partial charge on any atom is 0.227 e. The third kappa shape index (κ3) is 6.45. The highest BCUT2D eigenvalue weighted by molar-refractivity contribution is 5.85. The number of carbonyl (C=O) groups is 1. The van der Waals surface area contributed by atoms with Crippen LogP contribution >= 0.6 is 24.8 Å². The van der Waals surface area contributed by atoms with Crippen molar-refractivity contribution in [3.05, 3.63) is 35.9 Å². The lowest BCUT2D eigenvalue weighted by Crippen LogP contribution is -2.44. The minimum atomic E-state index is 0. The van der Waals surface area contributed by atoms with Crippen LogP contribution in [0, 0.1) is 11.8 Å². The highest BCUT2D eigenvalue weighted by Gasteiger charge is 2.30. The number of hydrogen-bond donors (Lipinski definition) is 1. The summed E-state index contributed by atoms with van der Waals surface area (Å²) in [5, 5.41) is 3.30. The van der Waals surface area contributed by atoms with Gasteiger partial charge >= 0.3 is 0 Å². The molecule has 1 aromatic carbocycles. The number of nitrogens with zero attached hydrogens (tertiary/aromatic N) is 2. The first-order valence-corrected chi connectivity index (χ1v) is 8.94. The molecule has 1 unspecified atom stereocenters. The van der Waals surface area contributed by atoms with Gasteiger partial charge in [0.2, 0.25) is 5.91 Å².